The van der Waals surface area contributed by atoms with Crippen LogP contribution in [0.2, 0.25) is 0 Å². The van der Waals surface area contributed by atoms with E-state index in [1.807, 2.05) is 19.1 Å². The van der Waals surface area contributed by atoms with E-state index >= 15 is 0 Å². The van der Waals surface area contributed by atoms with Gasteiger partial charge in [-0.1, -0.05) is 17.7 Å². The molecule has 7 nitrogen and oxygen atoms in total. The second kappa shape index (κ2) is 6.79. The zero-order chi connectivity index (χ0) is 19.1. The molecule has 3 fully saturated rings. The van der Waals surface area contributed by atoms with E-state index in [9.17, 15) is 19.2 Å². The van der Waals surface area contributed by atoms with Crippen LogP contribution in [-0.4, -0.2) is 41.7 Å². The molecule has 2 bridgehead atoms. The standard InChI is InChI=1S/C20H22N2O5/c1-11-2-6-14(7-3-11)21-15(23)10-27-16(24)9-22-19(25)17-12-4-5-13(8-12)18(17)20(22)26/h2-3,6-7,12-13,17-18H,4-5,8-10H2,1H3,(H,21,23)/t12-,13+,17-,18+. The maximum absolute atomic E-state index is 12.5. The molecular formula is C20H22N2O5. The highest BCUT2D eigenvalue weighted by Gasteiger charge is 2.61. The highest BCUT2D eigenvalue weighted by molar-refractivity contribution is 6.07. The summed E-state index contributed by atoms with van der Waals surface area (Å²) in [6.45, 7) is 1.07. The van der Waals surface area contributed by atoms with Gasteiger partial charge in [0.25, 0.3) is 5.91 Å². The van der Waals surface area contributed by atoms with Crippen molar-refractivity contribution in [1.82, 2.24) is 4.90 Å². The topological polar surface area (TPSA) is 92.8 Å². The van der Waals surface area contributed by atoms with Crippen molar-refractivity contribution in [3.8, 4) is 0 Å². The lowest BCUT2D eigenvalue weighted by molar-refractivity contribution is -0.154. The zero-order valence-electron chi connectivity index (χ0n) is 15.1. The number of carbonyl (C=O) groups excluding carboxylic acids is 4. The third-order valence-electron chi connectivity index (χ3n) is 6.01. The van der Waals surface area contributed by atoms with Crippen molar-refractivity contribution >= 4 is 29.4 Å². The van der Waals surface area contributed by atoms with E-state index in [4.69, 9.17) is 4.74 Å². The van der Waals surface area contributed by atoms with Crippen LogP contribution in [0.4, 0.5) is 5.69 Å². The third-order valence-corrected chi connectivity index (χ3v) is 6.01. The Morgan fingerprint density at radius 3 is 2.26 bits per heavy atom. The predicted octanol–water partition coefficient (Wildman–Crippen LogP) is 1.51. The molecule has 1 heterocycles. The lowest BCUT2D eigenvalue weighted by Gasteiger charge is -2.19. The Labute approximate surface area is 157 Å². The van der Waals surface area contributed by atoms with Gasteiger partial charge in [-0.05, 0) is 50.2 Å². The van der Waals surface area contributed by atoms with Gasteiger partial charge in [-0.3, -0.25) is 24.1 Å². The molecule has 3 aliphatic rings. The Morgan fingerprint density at radius 2 is 1.67 bits per heavy atom. The molecule has 27 heavy (non-hydrogen) atoms. The first-order valence-electron chi connectivity index (χ1n) is 9.31. The van der Waals surface area contributed by atoms with Crippen LogP contribution in [0.1, 0.15) is 24.8 Å². The summed E-state index contributed by atoms with van der Waals surface area (Å²) < 4.78 is 4.95. The Hall–Kier alpha value is -2.70. The number of amides is 3. The normalized spacial score (nSPS) is 28.4. The van der Waals surface area contributed by atoms with Crippen molar-refractivity contribution in [3.05, 3.63) is 29.8 Å². The van der Waals surface area contributed by atoms with E-state index in [-0.39, 0.29) is 35.5 Å². The number of imide groups is 1. The largest absolute Gasteiger partial charge is 0.454 e. The fourth-order valence-corrected chi connectivity index (χ4v) is 4.78. The Balaban J connectivity index is 1.28. The van der Waals surface area contributed by atoms with E-state index in [1.165, 1.54) is 0 Å². The number of carbonyl (C=O) groups is 4. The molecule has 3 amide bonds. The van der Waals surface area contributed by atoms with Crippen molar-refractivity contribution in [1.29, 1.82) is 0 Å². The maximum atomic E-state index is 12.5. The summed E-state index contributed by atoms with van der Waals surface area (Å²) in [6.07, 6.45) is 2.93. The van der Waals surface area contributed by atoms with Crippen LogP contribution in [0.3, 0.4) is 0 Å². The average molecular weight is 370 g/mol. The van der Waals surface area contributed by atoms with Crippen LogP contribution >= 0.6 is 0 Å². The molecule has 1 aliphatic heterocycles. The minimum Gasteiger partial charge on any atom is -0.454 e. The second-order valence-corrected chi connectivity index (χ2v) is 7.72. The van der Waals surface area contributed by atoms with Gasteiger partial charge in [0.05, 0.1) is 11.8 Å². The molecule has 1 aromatic carbocycles. The van der Waals surface area contributed by atoms with Gasteiger partial charge in [-0.15, -0.1) is 0 Å². The minimum atomic E-state index is -0.747. The molecule has 0 spiro atoms. The molecule has 1 aromatic rings. The first-order valence-corrected chi connectivity index (χ1v) is 9.31. The SMILES string of the molecule is Cc1ccc(NC(=O)COC(=O)CN2C(=O)[C@@H]3[C@@H]4CC[C@@H](C4)[C@@H]3C2=O)cc1. The summed E-state index contributed by atoms with van der Waals surface area (Å²) >= 11 is 0. The number of esters is 1. The van der Waals surface area contributed by atoms with Gasteiger partial charge in [-0.2, -0.15) is 0 Å². The van der Waals surface area contributed by atoms with Gasteiger partial charge in [0.1, 0.15) is 6.54 Å². The summed E-state index contributed by atoms with van der Waals surface area (Å²) in [5.74, 6) is -1.68. The fraction of sp³-hybridized carbons (Fsp3) is 0.500. The Kier molecular flexibility index (Phi) is 4.45. The van der Waals surface area contributed by atoms with Gasteiger partial charge in [0, 0.05) is 5.69 Å². The molecule has 0 aromatic heterocycles. The van der Waals surface area contributed by atoms with Crippen LogP contribution in [0, 0.1) is 30.6 Å². The fourth-order valence-electron chi connectivity index (χ4n) is 4.78. The van der Waals surface area contributed by atoms with Crippen LogP contribution in [0.5, 0.6) is 0 Å². The molecule has 4 rings (SSSR count). The van der Waals surface area contributed by atoms with Crippen LogP contribution in [-0.2, 0) is 23.9 Å². The van der Waals surface area contributed by atoms with Gasteiger partial charge in [0.15, 0.2) is 6.61 Å². The molecule has 1 N–H and O–H groups in total. The minimum absolute atomic E-state index is 0.252. The van der Waals surface area contributed by atoms with Gasteiger partial charge < -0.3 is 10.1 Å². The highest BCUT2D eigenvalue weighted by Crippen LogP contribution is 2.56. The van der Waals surface area contributed by atoms with E-state index in [1.54, 1.807) is 12.1 Å². The third kappa shape index (κ3) is 3.22. The van der Waals surface area contributed by atoms with E-state index in [2.05, 4.69) is 5.32 Å². The zero-order valence-corrected chi connectivity index (χ0v) is 15.1. The summed E-state index contributed by atoms with van der Waals surface area (Å²) in [5, 5.41) is 2.62. The van der Waals surface area contributed by atoms with Crippen molar-refractivity contribution in [2.24, 2.45) is 23.7 Å². The highest BCUT2D eigenvalue weighted by atomic mass is 16.5. The molecule has 2 saturated carbocycles. The number of nitrogens with zero attached hydrogens (tertiary/aromatic N) is 1. The number of ether oxygens (including phenoxy) is 1. The van der Waals surface area contributed by atoms with Crippen molar-refractivity contribution in [2.75, 3.05) is 18.5 Å². The number of anilines is 1. The number of nitrogens with one attached hydrogen (secondary N) is 1. The Bertz CT molecular complexity index is 775. The molecule has 0 unspecified atom stereocenters. The van der Waals surface area contributed by atoms with E-state index in [0.717, 1.165) is 29.7 Å². The second-order valence-electron chi connectivity index (χ2n) is 7.72. The van der Waals surface area contributed by atoms with Crippen molar-refractivity contribution in [3.63, 3.8) is 0 Å². The molecular weight excluding hydrogens is 348 g/mol. The number of rotatable bonds is 5. The van der Waals surface area contributed by atoms with Crippen LogP contribution in [0.25, 0.3) is 0 Å². The predicted molar refractivity (Wildman–Crippen MR) is 95.3 cm³/mol. The number of hydrogen-bond acceptors (Lipinski definition) is 5. The summed E-state index contributed by atoms with van der Waals surface area (Å²) in [4.78, 5) is 50.1. The maximum Gasteiger partial charge on any atom is 0.326 e. The van der Waals surface area contributed by atoms with Crippen molar-refractivity contribution in [2.45, 2.75) is 26.2 Å². The number of likely N-dealkylation sites (tertiary alicyclic amines) is 1. The summed E-state index contributed by atoms with van der Waals surface area (Å²) in [5.41, 5.74) is 1.67. The number of hydrogen-bond donors (Lipinski definition) is 1. The lowest BCUT2D eigenvalue weighted by Crippen LogP contribution is -2.38. The average Bonchev–Trinajstić information content (AvgIpc) is 3.32. The van der Waals surface area contributed by atoms with E-state index in [0.29, 0.717) is 5.69 Å². The van der Waals surface area contributed by atoms with Gasteiger partial charge in [0.2, 0.25) is 11.8 Å². The molecule has 4 atom stereocenters. The van der Waals surface area contributed by atoms with Crippen molar-refractivity contribution < 1.29 is 23.9 Å². The van der Waals surface area contributed by atoms with Crippen LogP contribution in [0.15, 0.2) is 24.3 Å². The molecule has 2 aliphatic carbocycles. The molecule has 0 radical (unpaired) electrons. The molecule has 7 heteroatoms. The monoisotopic (exact) mass is 370 g/mol. The first kappa shape index (κ1) is 17.7. The molecule has 142 valence electrons. The molecule has 1 saturated heterocycles. The summed E-state index contributed by atoms with van der Waals surface area (Å²) in [7, 11) is 0. The number of aryl methyl sites for hydroxylation is 1. The number of benzene rings is 1. The number of fused-ring (bicyclic) bond motifs is 5. The van der Waals surface area contributed by atoms with E-state index < -0.39 is 25.0 Å². The quantitative estimate of drug-likeness (QED) is 0.626. The van der Waals surface area contributed by atoms with Crippen LogP contribution < -0.4 is 5.32 Å². The Morgan fingerprint density at radius 1 is 1.07 bits per heavy atom. The smallest absolute Gasteiger partial charge is 0.326 e. The van der Waals surface area contributed by atoms with Gasteiger partial charge >= 0.3 is 5.97 Å². The first-order chi connectivity index (χ1) is 12.9. The summed E-state index contributed by atoms with van der Waals surface area (Å²) in [6, 6.07) is 7.22. The lowest BCUT2D eigenvalue weighted by atomic mass is 9.81. The van der Waals surface area contributed by atoms with Gasteiger partial charge in [-0.25, -0.2) is 0 Å².